The summed E-state index contributed by atoms with van der Waals surface area (Å²) < 4.78 is 42.2. The molecule has 128 valence electrons. The number of halogens is 2. The molecule has 2 rings (SSSR count). The van der Waals surface area contributed by atoms with Crippen LogP contribution in [0.15, 0.2) is 47.4 Å². The van der Waals surface area contributed by atoms with Crippen LogP contribution in [0.2, 0.25) is 5.02 Å². The van der Waals surface area contributed by atoms with Crippen LogP contribution in [0.25, 0.3) is 0 Å². The molecule has 0 unspecified atom stereocenters. The van der Waals surface area contributed by atoms with Crippen molar-refractivity contribution in [2.75, 3.05) is 6.61 Å². The smallest absolute Gasteiger partial charge is 0.272 e. The highest BCUT2D eigenvalue weighted by Gasteiger charge is 2.17. The van der Waals surface area contributed by atoms with Gasteiger partial charge in [0.1, 0.15) is 11.6 Å². The molecular weight excluding hydrogens is 359 g/mol. The van der Waals surface area contributed by atoms with Gasteiger partial charge in [0.05, 0.1) is 9.92 Å². The molecule has 0 heterocycles. The molecule has 2 aromatic carbocycles. The van der Waals surface area contributed by atoms with Crippen LogP contribution in [0.1, 0.15) is 5.56 Å². The predicted molar refractivity (Wildman–Crippen MR) is 86.5 cm³/mol. The first-order chi connectivity index (χ1) is 11.3. The summed E-state index contributed by atoms with van der Waals surface area (Å²) in [6.45, 7) is 1.53. The minimum atomic E-state index is -4.07. The van der Waals surface area contributed by atoms with Crippen molar-refractivity contribution < 1.29 is 22.3 Å². The summed E-state index contributed by atoms with van der Waals surface area (Å²) in [4.78, 5) is 13.2. The summed E-state index contributed by atoms with van der Waals surface area (Å²) >= 11 is 5.54. The Morgan fingerprint density at radius 2 is 1.88 bits per heavy atom. The van der Waals surface area contributed by atoms with Crippen molar-refractivity contribution in [2.24, 2.45) is 0 Å². The van der Waals surface area contributed by atoms with Gasteiger partial charge in [0.2, 0.25) is 0 Å². The number of aryl methyl sites for hydroxylation is 1. The molecule has 0 spiro atoms. The number of nitrogens with one attached hydrogen (secondary N) is 2. The Kier molecular flexibility index (Phi) is 5.76. The third-order valence-electron chi connectivity index (χ3n) is 2.92. The lowest BCUT2D eigenvalue weighted by Crippen LogP contribution is -2.43. The fourth-order valence-electron chi connectivity index (χ4n) is 1.65. The molecule has 24 heavy (non-hydrogen) atoms. The fourth-order valence-corrected chi connectivity index (χ4v) is 2.78. The molecule has 1 amide bonds. The lowest BCUT2D eigenvalue weighted by Gasteiger charge is -2.10. The number of carbonyl (C=O) groups is 1. The van der Waals surface area contributed by atoms with Crippen LogP contribution in [0, 0.1) is 12.7 Å². The van der Waals surface area contributed by atoms with E-state index in [1.807, 2.05) is 29.3 Å². The number of carbonyl (C=O) groups excluding carboxylic acids is 1. The van der Waals surface area contributed by atoms with E-state index in [9.17, 15) is 17.6 Å². The Morgan fingerprint density at radius 1 is 1.21 bits per heavy atom. The maximum atomic E-state index is 13.1. The monoisotopic (exact) mass is 372 g/mol. The molecule has 0 atom stereocenters. The molecule has 0 saturated heterocycles. The molecule has 0 aliphatic rings. The van der Waals surface area contributed by atoms with Crippen molar-refractivity contribution in [1.82, 2.24) is 10.3 Å². The number of amides is 1. The average Bonchev–Trinajstić information content (AvgIpc) is 2.55. The van der Waals surface area contributed by atoms with Gasteiger partial charge in [-0.05, 0) is 37.3 Å². The van der Waals surface area contributed by atoms with Crippen LogP contribution in [-0.2, 0) is 14.8 Å². The number of rotatable bonds is 6. The average molecular weight is 373 g/mol. The number of hydrogen-bond acceptors (Lipinski definition) is 4. The Labute approximate surface area is 143 Å². The second kappa shape index (κ2) is 7.61. The minimum absolute atomic E-state index is 0.284. The normalized spacial score (nSPS) is 11.1. The molecule has 0 saturated carbocycles. The first-order valence-electron chi connectivity index (χ1n) is 6.73. The van der Waals surface area contributed by atoms with E-state index in [0.717, 1.165) is 23.8 Å². The van der Waals surface area contributed by atoms with Gasteiger partial charge < -0.3 is 4.74 Å². The SMILES string of the molecule is Cc1ccc(OCC(=O)NNS(=O)(=O)c2ccc(F)c(Cl)c2)cc1. The van der Waals surface area contributed by atoms with Crippen LogP contribution in [-0.4, -0.2) is 20.9 Å². The first kappa shape index (κ1) is 18.2. The molecule has 0 aromatic heterocycles. The highest BCUT2D eigenvalue weighted by atomic mass is 35.5. The lowest BCUT2D eigenvalue weighted by atomic mass is 10.2. The van der Waals surface area contributed by atoms with E-state index in [1.165, 1.54) is 0 Å². The molecular formula is C15H14ClFN2O4S. The van der Waals surface area contributed by atoms with E-state index >= 15 is 0 Å². The highest BCUT2D eigenvalue weighted by Crippen LogP contribution is 2.18. The Balaban J connectivity index is 1.90. The summed E-state index contributed by atoms with van der Waals surface area (Å²) in [6.07, 6.45) is 0. The summed E-state index contributed by atoms with van der Waals surface area (Å²) in [5.41, 5.74) is 3.04. The van der Waals surface area contributed by atoms with Crippen molar-refractivity contribution in [3.8, 4) is 5.75 Å². The quantitative estimate of drug-likeness (QED) is 0.761. The molecule has 0 fully saturated rings. The summed E-state index contributed by atoms with van der Waals surface area (Å²) in [7, 11) is -4.07. The van der Waals surface area contributed by atoms with E-state index < -0.39 is 21.7 Å². The zero-order chi connectivity index (χ0) is 17.7. The van der Waals surface area contributed by atoms with Gasteiger partial charge >= 0.3 is 0 Å². The van der Waals surface area contributed by atoms with Crippen molar-refractivity contribution >= 4 is 27.5 Å². The number of benzene rings is 2. The number of ether oxygens (including phenoxy) is 1. The Morgan fingerprint density at radius 3 is 2.50 bits per heavy atom. The van der Waals surface area contributed by atoms with Crippen molar-refractivity contribution in [3.05, 3.63) is 58.9 Å². The van der Waals surface area contributed by atoms with Gasteiger partial charge in [-0.3, -0.25) is 10.2 Å². The standard InChI is InChI=1S/C15H14ClFN2O4S/c1-10-2-4-11(5-3-10)23-9-15(20)18-19-24(21,22)12-6-7-14(17)13(16)8-12/h2-8,19H,9H2,1H3,(H,18,20). The topological polar surface area (TPSA) is 84.5 Å². The molecule has 0 bridgehead atoms. The van der Waals surface area contributed by atoms with Crippen LogP contribution in [0.4, 0.5) is 4.39 Å². The first-order valence-corrected chi connectivity index (χ1v) is 8.59. The third-order valence-corrected chi connectivity index (χ3v) is 4.45. The third kappa shape index (κ3) is 4.92. The summed E-state index contributed by atoms with van der Waals surface area (Å²) in [5, 5.41) is -0.341. The molecule has 0 aliphatic carbocycles. The van der Waals surface area contributed by atoms with Crippen molar-refractivity contribution in [1.29, 1.82) is 0 Å². The fraction of sp³-hybridized carbons (Fsp3) is 0.133. The van der Waals surface area contributed by atoms with E-state index in [4.69, 9.17) is 16.3 Å². The van der Waals surface area contributed by atoms with Crippen molar-refractivity contribution in [3.63, 3.8) is 0 Å². The zero-order valence-corrected chi connectivity index (χ0v) is 14.1. The van der Waals surface area contributed by atoms with Gasteiger partial charge in [-0.25, -0.2) is 12.8 Å². The van der Waals surface area contributed by atoms with Gasteiger partial charge in [-0.1, -0.05) is 29.3 Å². The molecule has 2 aromatic rings. The van der Waals surface area contributed by atoms with E-state index in [0.29, 0.717) is 5.75 Å². The second-order valence-corrected chi connectivity index (χ2v) is 6.92. The zero-order valence-electron chi connectivity index (χ0n) is 12.5. The predicted octanol–water partition coefficient (Wildman–Crippen LogP) is 2.18. The molecule has 6 nitrogen and oxygen atoms in total. The van der Waals surface area contributed by atoms with E-state index in [-0.39, 0.29) is 16.5 Å². The summed E-state index contributed by atoms with van der Waals surface area (Å²) in [5.74, 6) is -0.970. The lowest BCUT2D eigenvalue weighted by molar-refractivity contribution is -0.123. The maximum absolute atomic E-state index is 13.1. The second-order valence-electron chi connectivity index (χ2n) is 4.83. The van der Waals surface area contributed by atoms with Gasteiger partial charge in [0, 0.05) is 0 Å². The highest BCUT2D eigenvalue weighted by molar-refractivity contribution is 7.89. The van der Waals surface area contributed by atoms with Crippen molar-refractivity contribution in [2.45, 2.75) is 11.8 Å². The largest absolute Gasteiger partial charge is 0.484 e. The maximum Gasteiger partial charge on any atom is 0.272 e. The van der Waals surface area contributed by atoms with Gasteiger partial charge in [0.25, 0.3) is 15.9 Å². The van der Waals surface area contributed by atoms with Crippen LogP contribution < -0.4 is 15.0 Å². The molecule has 9 heteroatoms. The van der Waals surface area contributed by atoms with E-state index in [1.54, 1.807) is 12.1 Å². The summed E-state index contributed by atoms with van der Waals surface area (Å²) in [6, 6.07) is 9.88. The number of hydrazine groups is 1. The van der Waals surface area contributed by atoms with Crippen LogP contribution >= 0.6 is 11.6 Å². The van der Waals surface area contributed by atoms with Gasteiger partial charge in [-0.15, -0.1) is 4.83 Å². The van der Waals surface area contributed by atoms with Crippen LogP contribution in [0.5, 0.6) is 5.75 Å². The molecule has 0 aliphatic heterocycles. The van der Waals surface area contributed by atoms with Crippen LogP contribution in [0.3, 0.4) is 0 Å². The number of hydrogen-bond donors (Lipinski definition) is 2. The Hall–Kier alpha value is -2.16. The van der Waals surface area contributed by atoms with E-state index in [2.05, 4.69) is 0 Å². The van der Waals surface area contributed by atoms with Gasteiger partial charge in [-0.2, -0.15) is 0 Å². The van der Waals surface area contributed by atoms with Gasteiger partial charge in [0.15, 0.2) is 6.61 Å². The Bertz CT molecular complexity index is 841. The molecule has 2 N–H and O–H groups in total. The molecule has 0 radical (unpaired) electrons. The number of sulfonamides is 1. The minimum Gasteiger partial charge on any atom is -0.484 e.